The topological polar surface area (TPSA) is 69.7 Å². The van der Waals surface area contributed by atoms with Gasteiger partial charge in [0.05, 0.1) is 5.69 Å². The summed E-state index contributed by atoms with van der Waals surface area (Å²) in [4.78, 5) is 42.7. The third kappa shape index (κ3) is 4.46. The van der Waals surface area contributed by atoms with E-state index in [-0.39, 0.29) is 24.3 Å². The molecule has 0 spiro atoms. The number of rotatable bonds is 9. The molecule has 0 fully saturated rings. The summed E-state index contributed by atoms with van der Waals surface area (Å²) in [6.07, 6.45) is 1.13. The molecule has 1 N–H and O–H groups in total. The lowest BCUT2D eigenvalue weighted by Gasteiger charge is -2.32. The van der Waals surface area contributed by atoms with Gasteiger partial charge in [-0.25, -0.2) is 0 Å². The highest BCUT2D eigenvalue weighted by atomic mass is 16.2. The first-order valence-corrected chi connectivity index (χ1v) is 11.5. The van der Waals surface area contributed by atoms with E-state index in [1.807, 2.05) is 74.5 Å². The lowest BCUT2D eigenvalue weighted by atomic mass is 10.1. The number of anilines is 1. The van der Waals surface area contributed by atoms with Crippen LogP contribution in [0, 0.1) is 0 Å². The van der Waals surface area contributed by atoms with Gasteiger partial charge in [0.2, 0.25) is 11.8 Å². The molecule has 4 rings (SSSR count). The average Bonchev–Trinajstić information content (AvgIpc) is 3.10. The van der Waals surface area contributed by atoms with Gasteiger partial charge in [-0.05, 0) is 42.8 Å². The quantitative estimate of drug-likeness (QED) is 0.547. The molecule has 6 nitrogen and oxygen atoms in total. The largest absolute Gasteiger partial charge is 0.355 e. The van der Waals surface area contributed by atoms with Crippen LogP contribution in [0.25, 0.3) is 10.8 Å². The minimum absolute atomic E-state index is 0.0999. The van der Waals surface area contributed by atoms with Crippen LogP contribution in [0.3, 0.4) is 0 Å². The van der Waals surface area contributed by atoms with Crippen molar-refractivity contribution in [3.63, 3.8) is 0 Å². The Labute approximate surface area is 194 Å². The first-order valence-electron chi connectivity index (χ1n) is 11.5. The van der Waals surface area contributed by atoms with Crippen molar-refractivity contribution in [1.29, 1.82) is 0 Å². The number of likely N-dealkylation sites (N-methyl/N-ethyl adjacent to an activating group) is 1. The number of benzene rings is 3. The Balaban J connectivity index is 1.60. The molecular formula is C27H29N3O3. The highest BCUT2D eigenvalue weighted by Gasteiger charge is 2.34. The highest BCUT2D eigenvalue weighted by molar-refractivity contribution is 6.26. The first kappa shape index (κ1) is 22.5. The number of hydrogen-bond donors (Lipinski definition) is 1. The molecule has 0 saturated carbocycles. The summed E-state index contributed by atoms with van der Waals surface area (Å²) >= 11 is 0. The van der Waals surface area contributed by atoms with Gasteiger partial charge in [-0.2, -0.15) is 0 Å². The van der Waals surface area contributed by atoms with Gasteiger partial charge in [0.1, 0.15) is 12.6 Å². The standard InChI is InChI=1S/C27H29N3O3/c1-3-22(26(32)28-4-2)29(17-16-19-10-6-5-7-11-19)24(31)18-30-23-15-9-13-20-12-8-14-21(25(20)23)27(30)33/h5-15,22H,3-4,16-18H2,1-2H3,(H,28,32). The predicted octanol–water partition coefficient (Wildman–Crippen LogP) is 3.79. The SMILES string of the molecule is CCNC(=O)C(CC)N(CCc1ccccc1)C(=O)CN1C(=O)c2cccc3cccc1c23. The molecule has 1 unspecified atom stereocenters. The van der Waals surface area contributed by atoms with Crippen LogP contribution in [0.2, 0.25) is 0 Å². The lowest BCUT2D eigenvalue weighted by Crippen LogP contribution is -2.53. The second kappa shape index (κ2) is 9.86. The van der Waals surface area contributed by atoms with Crippen LogP contribution < -0.4 is 10.2 Å². The summed E-state index contributed by atoms with van der Waals surface area (Å²) in [6, 6.07) is 20.7. The minimum atomic E-state index is -0.586. The van der Waals surface area contributed by atoms with E-state index in [0.717, 1.165) is 22.0 Å². The molecule has 1 aliphatic heterocycles. The van der Waals surface area contributed by atoms with Crippen LogP contribution in [0.4, 0.5) is 5.69 Å². The number of hydrogen-bond acceptors (Lipinski definition) is 3. The predicted molar refractivity (Wildman–Crippen MR) is 130 cm³/mol. The van der Waals surface area contributed by atoms with Crippen LogP contribution in [0.1, 0.15) is 36.2 Å². The van der Waals surface area contributed by atoms with E-state index in [9.17, 15) is 14.4 Å². The molecule has 1 atom stereocenters. The Morgan fingerprint density at radius 2 is 1.70 bits per heavy atom. The Kier molecular flexibility index (Phi) is 6.73. The van der Waals surface area contributed by atoms with E-state index in [2.05, 4.69) is 5.32 Å². The smallest absolute Gasteiger partial charge is 0.259 e. The molecular weight excluding hydrogens is 414 g/mol. The molecule has 1 aliphatic rings. The molecule has 0 radical (unpaired) electrons. The first-order chi connectivity index (χ1) is 16.0. The van der Waals surface area contributed by atoms with Crippen LogP contribution in [0.5, 0.6) is 0 Å². The number of amides is 3. The average molecular weight is 444 g/mol. The van der Waals surface area contributed by atoms with Gasteiger partial charge >= 0.3 is 0 Å². The maximum atomic E-state index is 13.6. The van der Waals surface area contributed by atoms with Crippen molar-refractivity contribution in [3.05, 3.63) is 77.9 Å². The maximum absolute atomic E-state index is 13.6. The summed E-state index contributed by atoms with van der Waals surface area (Å²) in [5, 5.41) is 4.70. The fraction of sp³-hybridized carbons (Fsp3) is 0.296. The number of carbonyl (C=O) groups excluding carboxylic acids is 3. The van der Waals surface area contributed by atoms with Gasteiger partial charge in [0.15, 0.2) is 0 Å². The Morgan fingerprint density at radius 1 is 0.970 bits per heavy atom. The van der Waals surface area contributed by atoms with Crippen molar-refractivity contribution >= 4 is 34.2 Å². The molecule has 33 heavy (non-hydrogen) atoms. The Hall–Kier alpha value is -3.67. The molecule has 0 saturated heterocycles. The van der Waals surface area contributed by atoms with E-state index in [1.54, 1.807) is 15.9 Å². The van der Waals surface area contributed by atoms with Crippen molar-refractivity contribution in [2.75, 3.05) is 24.5 Å². The third-order valence-electron chi connectivity index (χ3n) is 6.16. The van der Waals surface area contributed by atoms with Gasteiger partial charge in [0, 0.05) is 24.0 Å². The Bertz CT molecular complexity index is 1170. The van der Waals surface area contributed by atoms with Crippen LogP contribution >= 0.6 is 0 Å². The van der Waals surface area contributed by atoms with Crippen LogP contribution in [-0.4, -0.2) is 48.3 Å². The zero-order valence-electron chi connectivity index (χ0n) is 19.1. The summed E-state index contributed by atoms with van der Waals surface area (Å²) in [5.74, 6) is -0.578. The van der Waals surface area contributed by atoms with E-state index in [4.69, 9.17) is 0 Å². The normalized spacial score (nSPS) is 13.3. The third-order valence-corrected chi connectivity index (χ3v) is 6.16. The molecule has 3 aromatic rings. The van der Waals surface area contributed by atoms with Crippen molar-refractivity contribution < 1.29 is 14.4 Å². The monoisotopic (exact) mass is 443 g/mol. The number of nitrogens with zero attached hydrogens (tertiary/aromatic N) is 2. The van der Waals surface area contributed by atoms with Crippen molar-refractivity contribution in [3.8, 4) is 0 Å². The van der Waals surface area contributed by atoms with E-state index < -0.39 is 6.04 Å². The van der Waals surface area contributed by atoms with Crippen molar-refractivity contribution in [1.82, 2.24) is 10.2 Å². The van der Waals surface area contributed by atoms with E-state index >= 15 is 0 Å². The minimum Gasteiger partial charge on any atom is -0.355 e. The van der Waals surface area contributed by atoms with E-state index in [0.29, 0.717) is 31.5 Å². The zero-order chi connectivity index (χ0) is 23.4. The molecule has 0 aromatic heterocycles. The molecule has 1 heterocycles. The van der Waals surface area contributed by atoms with E-state index in [1.165, 1.54) is 0 Å². The number of carbonyl (C=O) groups is 3. The fourth-order valence-electron chi connectivity index (χ4n) is 4.55. The molecule has 170 valence electrons. The summed E-state index contributed by atoms with van der Waals surface area (Å²) in [6.45, 7) is 4.56. The van der Waals surface area contributed by atoms with Crippen molar-refractivity contribution in [2.45, 2.75) is 32.7 Å². The second-order valence-electron chi connectivity index (χ2n) is 8.21. The molecule has 3 aromatic carbocycles. The summed E-state index contributed by atoms with van der Waals surface area (Å²) in [7, 11) is 0. The highest BCUT2D eigenvalue weighted by Crippen LogP contribution is 2.37. The van der Waals surface area contributed by atoms with Gasteiger partial charge < -0.3 is 10.2 Å². The number of nitrogens with one attached hydrogen (secondary N) is 1. The molecule has 0 aliphatic carbocycles. The Morgan fingerprint density at radius 3 is 2.39 bits per heavy atom. The van der Waals surface area contributed by atoms with Crippen LogP contribution in [-0.2, 0) is 16.0 Å². The van der Waals surface area contributed by atoms with Gasteiger partial charge in [-0.1, -0.05) is 61.5 Å². The zero-order valence-corrected chi connectivity index (χ0v) is 19.1. The maximum Gasteiger partial charge on any atom is 0.259 e. The second-order valence-corrected chi connectivity index (χ2v) is 8.21. The van der Waals surface area contributed by atoms with Gasteiger partial charge in [0.25, 0.3) is 5.91 Å². The van der Waals surface area contributed by atoms with Crippen LogP contribution in [0.15, 0.2) is 66.7 Å². The summed E-state index contributed by atoms with van der Waals surface area (Å²) in [5.41, 5.74) is 2.45. The van der Waals surface area contributed by atoms with Gasteiger partial charge in [-0.15, -0.1) is 0 Å². The van der Waals surface area contributed by atoms with Crippen molar-refractivity contribution in [2.24, 2.45) is 0 Å². The fourth-order valence-corrected chi connectivity index (χ4v) is 4.55. The molecule has 0 bridgehead atoms. The summed E-state index contributed by atoms with van der Waals surface area (Å²) < 4.78 is 0. The molecule has 6 heteroatoms. The van der Waals surface area contributed by atoms with Gasteiger partial charge in [-0.3, -0.25) is 19.3 Å². The lowest BCUT2D eigenvalue weighted by molar-refractivity contribution is -0.139. The molecule has 3 amide bonds.